The number of rotatable bonds is 4. The molecule has 2 fully saturated rings. The fraction of sp³-hybridized carbons (Fsp3) is 0.450. The van der Waals surface area contributed by atoms with Crippen LogP contribution < -0.4 is 10.6 Å². The number of hydrogen-bond donors (Lipinski definition) is 2. The Morgan fingerprint density at radius 1 is 0.889 bits per heavy atom. The van der Waals surface area contributed by atoms with E-state index in [4.69, 9.17) is 4.42 Å². The molecule has 0 bridgehead atoms. The highest BCUT2D eigenvalue weighted by Crippen LogP contribution is 2.23. The fourth-order valence-electron chi connectivity index (χ4n) is 3.20. The molecule has 0 unspecified atom stereocenters. The van der Waals surface area contributed by atoms with Crippen LogP contribution in [0.3, 0.4) is 0 Å². The minimum Gasteiger partial charge on any atom is -0.468 e. The summed E-state index contributed by atoms with van der Waals surface area (Å²) in [4.78, 5) is 28.4. The number of amides is 2. The summed E-state index contributed by atoms with van der Waals surface area (Å²) < 4.78 is 5.48. The normalized spacial score (nSPS) is 22.5. The van der Waals surface area contributed by atoms with E-state index in [1.165, 1.54) is 5.92 Å². The van der Waals surface area contributed by atoms with Gasteiger partial charge in [-0.3, -0.25) is 19.4 Å². The van der Waals surface area contributed by atoms with Gasteiger partial charge in [-0.15, -0.1) is 0 Å². The minimum absolute atomic E-state index is 0.124. The molecule has 5 radical (unpaired) electrons. The maximum absolute atomic E-state index is 11.9. The van der Waals surface area contributed by atoms with Gasteiger partial charge in [0, 0.05) is 45.8 Å². The molecule has 1 saturated heterocycles. The third-order valence-electron chi connectivity index (χ3n) is 4.65. The third kappa shape index (κ3) is 6.99. The molecule has 2 heterocycles. The highest BCUT2D eigenvalue weighted by Gasteiger charge is 2.21. The number of hydrogen-bond acceptors (Lipinski definition) is 5. The second-order valence-electron chi connectivity index (χ2n) is 6.80. The molecular weight excluding hydrogens is 344 g/mol. The largest absolute Gasteiger partial charge is 0.468 e. The molecule has 145 valence electrons. The van der Waals surface area contributed by atoms with Crippen molar-refractivity contribution < 1.29 is 14.0 Å². The predicted molar refractivity (Wildman–Crippen MR) is 102 cm³/mol. The average Bonchev–Trinajstić information content (AvgIpc) is 3.32. The summed E-state index contributed by atoms with van der Waals surface area (Å²) in [6.07, 6.45) is 9.86. The van der Waals surface area contributed by atoms with Gasteiger partial charge in [0.2, 0.25) is 11.8 Å². The highest BCUT2D eigenvalue weighted by molar-refractivity contribution is 5.96. The van der Waals surface area contributed by atoms with Crippen LogP contribution in [0.25, 0.3) is 0 Å². The maximum Gasteiger partial charge on any atom is 0.229 e. The van der Waals surface area contributed by atoms with E-state index < -0.39 is 0 Å². The smallest absolute Gasteiger partial charge is 0.229 e. The van der Waals surface area contributed by atoms with E-state index in [-0.39, 0.29) is 18.2 Å². The van der Waals surface area contributed by atoms with Gasteiger partial charge in [0.15, 0.2) is 0 Å². The molecule has 1 aliphatic carbocycles. The average molecular weight is 371 g/mol. The summed E-state index contributed by atoms with van der Waals surface area (Å²) in [6, 6.07) is 3.85. The maximum atomic E-state index is 11.9. The first-order valence-corrected chi connectivity index (χ1v) is 9.40. The van der Waals surface area contributed by atoms with Gasteiger partial charge in [-0.2, -0.15) is 0 Å². The van der Waals surface area contributed by atoms with Gasteiger partial charge >= 0.3 is 0 Å². The van der Waals surface area contributed by atoms with E-state index in [2.05, 4.69) is 33.3 Å². The zero-order valence-corrected chi connectivity index (χ0v) is 15.5. The van der Waals surface area contributed by atoms with Crippen LogP contribution in [-0.2, 0) is 16.1 Å². The van der Waals surface area contributed by atoms with Crippen molar-refractivity contribution in [2.24, 2.45) is 0 Å². The Morgan fingerprint density at radius 2 is 1.52 bits per heavy atom. The van der Waals surface area contributed by atoms with Crippen LogP contribution in [0.4, 0.5) is 0 Å². The van der Waals surface area contributed by atoms with Gasteiger partial charge in [0.05, 0.1) is 12.8 Å². The number of furan rings is 1. The standard InChI is InChI=1S/C20H27N4O3/c25-19-14-20(26)22-8-10-24(16-18-6-3-13-27-18)12-11-23(9-7-21-19)15-17-4-1-2-5-17/h1-6,13H,7-12,14-16H2,(H,21,25)(H,22,26). The molecule has 7 heteroatoms. The van der Waals surface area contributed by atoms with E-state index in [1.807, 2.05) is 25.0 Å². The first kappa shape index (κ1) is 19.9. The molecule has 1 aromatic heterocycles. The minimum atomic E-state index is -0.238. The van der Waals surface area contributed by atoms with Gasteiger partial charge in [0.1, 0.15) is 12.2 Å². The molecule has 2 aliphatic rings. The molecule has 1 aliphatic heterocycles. The molecule has 3 rings (SSSR count). The summed E-state index contributed by atoms with van der Waals surface area (Å²) in [5.74, 6) is 1.70. The van der Waals surface area contributed by atoms with Crippen LogP contribution in [-0.4, -0.2) is 67.4 Å². The SMILES string of the molecule is O=C1CC(=O)NCCN(Cc2ccco2)CCN(C[C]2[CH][CH][CH][CH]2)CCN1. The van der Waals surface area contributed by atoms with E-state index in [0.29, 0.717) is 26.2 Å². The molecule has 1 saturated carbocycles. The first-order chi connectivity index (χ1) is 13.2. The van der Waals surface area contributed by atoms with Gasteiger partial charge in [0.25, 0.3) is 0 Å². The zero-order valence-electron chi connectivity index (χ0n) is 15.5. The number of nitrogens with one attached hydrogen (secondary N) is 2. The third-order valence-corrected chi connectivity index (χ3v) is 4.65. The van der Waals surface area contributed by atoms with Gasteiger partial charge in [-0.1, -0.05) is 0 Å². The van der Waals surface area contributed by atoms with E-state index in [1.54, 1.807) is 6.26 Å². The van der Waals surface area contributed by atoms with Crippen LogP contribution in [0.5, 0.6) is 0 Å². The summed E-state index contributed by atoms with van der Waals surface area (Å²) in [6.45, 7) is 5.76. The quantitative estimate of drug-likeness (QED) is 0.751. The lowest BCUT2D eigenvalue weighted by atomic mass is 10.1. The van der Waals surface area contributed by atoms with Crippen molar-refractivity contribution in [3.05, 3.63) is 55.8 Å². The van der Waals surface area contributed by atoms with Gasteiger partial charge < -0.3 is 15.1 Å². The van der Waals surface area contributed by atoms with Crippen molar-refractivity contribution in [3.8, 4) is 0 Å². The molecular formula is C20H27N4O3. The van der Waals surface area contributed by atoms with Crippen molar-refractivity contribution in [1.29, 1.82) is 0 Å². The monoisotopic (exact) mass is 371 g/mol. The van der Waals surface area contributed by atoms with Crippen LogP contribution in [0, 0.1) is 31.6 Å². The van der Waals surface area contributed by atoms with E-state index in [0.717, 1.165) is 31.9 Å². The van der Waals surface area contributed by atoms with Crippen LogP contribution in [0.15, 0.2) is 22.8 Å². The van der Waals surface area contributed by atoms with Gasteiger partial charge in [-0.25, -0.2) is 0 Å². The Bertz CT molecular complexity index is 584. The predicted octanol–water partition coefficient (Wildman–Crippen LogP) is 0.425. The zero-order chi connectivity index (χ0) is 18.9. The molecule has 0 atom stereocenters. The van der Waals surface area contributed by atoms with E-state index >= 15 is 0 Å². The molecule has 2 amide bonds. The second-order valence-corrected chi connectivity index (χ2v) is 6.80. The molecule has 7 nitrogen and oxygen atoms in total. The lowest BCUT2D eigenvalue weighted by Gasteiger charge is -2.28. The summed E-state index contributed by atoms with van der Waals surface area (Å²) in [5, 5.41) is 5.66. The lowest BCUT2D eigenvalue weighted by molar-refractivity contribution is -0.129. The van der Waals surface area contributed by atoms with Gasteiger partial charge in [-0.05, 0) is 43.7 Å². The Morgan fingerprint density at radius 3 is 2.11 bits per heavy atom. The highest BCUT2D eigenvalue weighted by atomic mass is 16.3. The van der Waals surface area contributed by atoms with Crippen molar-refractivity contribution >= 4 is 11.8 Å². The molecule has 1 aromatic rings. The molecule has 2 N–H and O–H groups in total. The lowest BCUT2D eigenvalue weighted by Crippen LogP contribution is -2.41. The van der Waals surface area contributed by atoms with Crippen LogP contribution >= 0.6 is 0 Å². The second kappa shape index (κ2) is 10.5. The molecule has 0 aromatic carbocycles. The Labute approximate surface area is 161 Å². The van der Waals surface area contributed by atoms with Crippen LogP contribution in [0.1, 0.15) is 12.2 Å². The Kier molecular flexibility index (Phi) is 7.71. The van der Waals surface area contributed by atoms with Crippen LogP contribution in [0.2, 0.25) is 0 Å². The van der Waals surface area contributed by atoms with Crippen molar-refractivity contribution in [2.45, 2.75) is 13.0 Å². The van der Waals surface area contributed by atoms with E-state index in [9.17, 15) is 9.59 Å². The molecule has 27 heavy (non-hydrogen) atoms. The molecule has 0 spiro atoms. The summed E-state index contributed by atoms with van der Waals surface area (Å²) >= 11 is 0. The van der Waals surface area contributed by atoms with Crippen molar-refractivity contribution in [1.82, 2.24) is 20.4 Å². The fourth-order valence-corrected chi connectivity index (χ4v) is 3.20. The summed E-state index contributed by atoms with van der Waals surface area (Å²) in [7, 11) is 0. The Hall–Kier alpha value is -1.86. The van der Waals surface area contributed by atoms with Crippen molar-refractivity contribution in [3.63, 3.8) is 0 Å². The number of carbonyl (C=O) groups is 2. The number of nitrogens with zero attached hydrogens (tertiary/aromatic N) is 2. The Balaban J connectivity index is 1.61. The number of carbonyl (C=O) groups excluding carboxylic acids is 2. The van der Waals surface area contributed by atoms with Crippen molar-refractivity contribution in [2.75, 3.05) is 45.8 Å². The topological polar surface area (TPSA) is 77.8 Å². The first-order valence-electron chi connectivity index (χ1n) is 9.40. The summed E-state index contributed by atoms with van der Waals surface area (Å²) in [5.41, 5.74) is 0.